The molecular weight excluding hydrogens is 208 g/mol. The van der Waals surface area contributed by atoms with Crippen molar-refractivity contribution in [3.8, 4) is 0 Å². The summed E-state index contributed by atoms with van der Waals surface area (Å²) in [5.74, 6) is -0.392. The first kappa shape index (κ1) is 11.9. The van der Waals surface area contributed by atoms with Crippen molar-refractivity contribution in [2.24, 2.45) is 0 Å². The fourth-order valence-electron chi connectivity index (χ4n) is 2.45. The number of aliphatic hydroxyl groups is 1. The summed E-state index contributed by atoms with van der Waals surface area (Å²) in [6, 6.07) is 0. The van der Waals surface area contributed by atoms with E-state index >= 15 is 0 Å². The van der Waals surface area contributed by atoms with Crippen LogP contribution in [0.2, 0.25) is 0 Å². The highest BCUT2D eigenvalue weighted by Gasteiger charge is 2.44. The van der Waals surface area contributed by atoms with Gasteiger partial charge in [0.2, 0.25) is 0 Å². The summed E-state index contributed by atoms with van der Waals surface area (Å²) in [4.78, 5) is 0. The topological polar surface area (TPSA) is 47.9 Å². The van der Waals surface area contributed by atoms with E-state index in [9.17, 15) is 5.11 Å². The fraction of sp³-hybridized carbons (Fsp3) is 0.833. The molecule has 2 rings (SSSR count). The van der Waals surface area contributed by atoms with E-state index in [2.05, 4.69) is 0 Å². The van der Waals surface area contributed by atoms with Crippen LogP contribution < -0.4 is 0 Å². The van der Waals surface area contributed by atoms with Crippen molar-refractivity contribution >= 4 is 0 Å². The molecular formula is C12H20O4. The molecule has 16 heavy (non-hydrogen) atoms. The summed E-state index contributed by atoms with van der Waals surface area (Å²) in [5, 5.41) is 10.3. The zero-order valence-corrected chi connectivity index (χ0v) is 9.78. The molecule has 1 saturated carbocycles. The number of rotatable bonds is 3. The molecule has 1 spiro atoms. The first-order valence-corrected chi connectivity index (χ1v) is 5.86. The summed E-state index contributed by atoms with van der Waals surface area (Å²) in [6.07, 6.45) is 7.13. The molecule has 0 amide bonds. The highest BCUT2D eigenvalue weighted by atomic mass is 16.7. The first-order valence-electron chi connectivity index (χ1n) is 5.86. The third-order valence-corrected chi connectivity index (χ3v) is 3.49. The molecule has 0 bridgehead atoms. The predicted octanol–water partition coefficient (Wildman–Crippen LogP) is 1.58. The number of hydrogen-bond donors (Lipinski definition) is 1. The van der Waals surface area contributed by atoms with Crippen LogP contribution in [0.15, 0.2) is 12.3 Å². The van der Waals surface area contributed by atoms with Gasteiger partial charge in [-0.1, -0.05) is 0 Å². The molecule has 4 nitrogen and oxygen atoms in total. The average molecular weight is 228 g/mol. The van der Waals surface area contributed by atoms with Crippen LogP contribution in [0.1, 0.15) is 32.1 Å². The molecule has 1 N–H and O–H groups in total. The van der Waals surface area contributed by atoms with Gasteiger partial charge in [0.05, 0.1) is 32.2 Å². The van der Waals surface area contributed by atoms with Crippen LogP contribution in [0.3, 0.4) is 0 Å². The Morgan fingerprint density at radius 3 is 2.38 bits per heavy atom. The largest absolute Gasteiger partial charge is 0.505 e. The van der Waals surface area contributed by atoms with Crippen molar-refractivity contribution in [1.82, 2.24) is 0 Å². The maximum absolute atomic E-state index is 10.3. The lowest BCUT2D eigenvalue weighted by Crippen LogP contribution is -2.43. The van der Waals surface area contributed by atoms with Crippen molar-refractivity contribution in [1.29, 1.82) is 0 Å². The number of methoxy groups -OCH3 is 1. The van der Waals surface area contributed by atoms with Gasteiger partial charge in [-0.2, -0.15) is 0 Å². The Morgan fingerprint density at radius 1 is 1.19 bits per heavy atom. The third-order valence-electron chi connectivity index (χ3n) is 3.49. The van der Waals surface area contributed by atoms with Gasteiger partial charge in [-0.05, 0) is 25.3 Å². The van der Waals surface area contributed by atoms with E-state index in [0.29, 0.717) is 19.6 Å². The van der Waals surface area contributed by atoms with Gasteiger partial charge in [-0.25, -0.2) is 0 Å². The van der Waals surface area contributed by atoms with Crippen LogP contribution in [0.25, 0.3) is 0 Å². The summed E-state index contributed by atoms with van der Waals surface area (Å²) >= 11 is 0. The van der Waals surface area contributed by atoms with E-state index in [0.717, 1.165) is 25.7 Å². The second-order valence-corrected chi connectivity index (χ2v) is 4.64. The van der Waals surface area contributed by atoms with Crippen LogP contribution in [-0.2, 0) is 14.2 Å². The molecule has 1 saturated heterocycles. The van der Waals surface area contributed by atoms with E-state index in [1.807, 2.05) is 6.08 Å². The Kier molecular flexibility index (Phi) is 3.52. The zero-order valence-electron chi connectivity index (χ0n) is 9.78. The van der Waals surface area contributed by atoms with Gasteiger partial charge < -0.3 is 19.3 Å². The van der Waals surface area contributed by atoms with Crippen LogP contribution in [0, 0.1) is 0 Å². The predicted molar refractivity (Wildman–Crippen MR) is 58.8 cm³/mol. The van der Waals surface area contributed by atoms with Gasteiger partial charge in [0, 0.05) is 12.8 Å². The average Bonchev–Trinajstić information content (AvgIpc) is 2.73. The Bertz CT molecular complexity index is 246. The zero-order chi connectivity index (χ0) is 11.5. The molecule has 2 aliphatic rings. The molecule has 92 valence electrons. The highest BCUT2D eigenvalue weighted by Crippen LogP contribution is 2.41. The molecule has 0 aromatic rings. The van der Waals surface area contributed by atoms with Gasteiger partial charge in [-0.3, -0.25) is 0 Å². The summed E-state index contributed by atoms with van der Waals surface area (Å²) in [7, 11) is 1.61. The van der Waals surface area contributed by atoms with Crippen molar-refractivity contribution in [3.05, 3.63) is 12.3 Å². The molecule has 4 heteroatoms. The van der Waals surface area contributed by atoms with Gasteiger partial charge in [0.1, 0.15) is 0 Å². The van der Waals surface area contributed by atoms with Crippen molar-refractivity contribution in [2.45, 2.75) is 43.5 Å². The van der Waals surface area contributed by atoms with Gasteiger partial charge >= 0.3 is 0 Å². The summed E-state index contributed by atoms with van der Waals surface area (Å²) in [5.41, 5.74) is -0.615. The molecule has 1 aliphatic carbocycles. The number of hydrogen-bond acceptors (Lipinski definition) is 4. The van der Waals surface area contributed by atoms with Crippen LogP contribution in [-0.4, -0.2) is 36.8 Å². The van der Waals surface area contributed by atoms with E-state index in [-0.39, 0.29) is 0 Å². The molecule has 0 radical (unpaired) electrons. The van der Waals surface area contributed by atoms with Gasteiger partial charge in [0.15, 0.2) is 5.79 Å². The summed E-state index contributed by atoms with van der Waals surface area (Å²) in [6.45, 7) is 1.37. The minimum atomic E-state index is -0.615. The van der Waals surface area contributed by atoms with E-state index in [1.165, 1.54) is 0 Å². The Morgan fingerprint density at radius 2 is 1.81 bits per heavy atom. The molecule has 0 unspecified atom stereocenters. The van der Waals surface area contributed by atoms with Crippen molar-refractivity contribution in [3.63, 3.8) is 0 Å². The van der Waals surface area contributed by atoms with Crippen LogP contribution in [0.5, 0.6) is 0 Å². The van der Waals surface area contributed by atoms with E-state index in [4.69, 9.17) is 14.2 Å². The Hall–Kier alpha value is -0.580. The lowest BCUT2D eigenvalue weighted by molar-refractivity contribution is -0.202. The molecule has 1 heterocycles. The normalized spacial score (nSPS) is 27.6. The van der Waals surface area contributed by atoms with Crippen LogP contribution >= 0.6 is 0 Å². The Labute approximate surface area is 96.2 Å². The second-order valence-electron chi connectivity index (χ2n) is 4.64. The molecule has 0 atom stereocenters. The van der Waals surface area contributed by atoms with Crippen LogP contribution in [0.4, 0.5) is 0 Å². The molecule has 0 aromatic carbocycles. The third kappa shape index (κ3) is 2.56. The SMILES string of the molecule is CO/C=C/CC1(O)CCC2(CC1)OCCO2. The smallest absolute Gasteiger partial charge is 0.168 e. The van der Waals surface area contributed by atoms with Crippen molar-refractivity contribution < 1.29 is 19.3 Å². The molecule has 1 aliphatic heterocycles. The number of ether oxygens (including phenoxy) is 3. The quantitative estimate of drug-likeness (QED) is 0.745. The fourth-order valence-corrected chi connectivity index (χ4v) is 2.45. The van der Waals surface area contributed by atoms with Gasteiger partial charge in [-0.15, -0.1) is 0 Å². The lowest BCUT2D eigenvalue weighted by Gasteiger charge is -2.40. The standard InChI is InChI=1S/C12H20O4/c1-14-8-2-3-11(13)4-6-12(7-5-11)15-9-10-16-12/h2,8,13H,3-7,9-10H2,1H3/b8-2+. The maximum Gasteiger partial charge on any atom is 0.168 e. The van der Waals surface area contributed by atoms with E-state index in [1.54, 1.807) is 13.4 Å². The monoisotopic (exact) mass is 228 g/mol. The Balaban J connectivity index is 1.85. The van der Waals surface area contributed by atoms with Crippen molar-refractivity contribution in [2.75, 3.05) is 20.3 Å². The van der Waals surface area contributed by atoms with Gasteiger partial charge in [0.25, 0.3) is 0 Å². The minimum Gasteiger partial charge on any atom is -0.505 e. The highest BCUT2D eigenvalue weighted by molar-refractivity contribution is 4.95. The summed E-state index contributed by atoms with van der Waals surface area (Å²) < 4.78 is 16.1. The molecule has 0 aromatic heterocycles. The molecule has 2 fully saturated rings. The second kappa shape index (κ2) is 4.73. The maximum atomic E-state index is 10.3. The minimum absolute atomic E-state index is 0.392. The van der Waals surface area contributed by atoms with E-state index < -0.39 is 11.4 Å². The lowest BCUT2D eigenvalue weighted by atomic mass is 9.79. The first-order chi connectivity index (χ1) is 7.68.